The predicted molar refractivity (Wildman–Crippen MR) is 51.0 cm³/mol. The van der Waals surface area contributed by atoms with Gasteiger partial charge in [-0.05, 0) is 23.2 Å². The molecular weight excluding hydrogens is 261 g/mol. The first-order chi connectivity index (χ1) is 6.63. The maximum Gasteiger partial charge on any atom is 0.387 e. The monoisotopic (exact) mass is 266 g/mol. The molecule has 0 saturated carbocycles. The number of hydrogen-bond donors (Lipinski definition) is 0. The molecule has 0 aromatic heterocycles. The van der Waals surface area contributed by atoms with Gasteiger partial charge in [0.05, 0.1) is 0 Å². The Hall–Kier alpha value is -0.970. The summed E-state index contributed by atoms with van der Waals surface area (Å²) in [7, 11) is 0. The van der Waals surface area contributed by atoms with Crippen LogP contribution in [0.4, 0.5) is 13.2 Å². The van der Waals surface area contributed by atoms with Crippen molar-refractivity contribution in [1.82, 2.24) is 0 Å². The summed E-state index contributed by atoms with van der Waals surface area (Å²) in [4.78, 5) is 1.47. The van der Waals surface area contributed by atoms with Gasteiger partial charge in [-0.25, -0.2) is 4.39 Å². The fourth-order valence-corrected chi connectivity index (χ4v) is 1.17. The van der Waals surface area contributed by atoms with Crippen LogP contribution in [0.5, 0.6) is 5.75 Å². The molecule has 0 atom stereocenters. The minimum Gasteiger partial charge on any atom is -0.435 e. The second-order valence-corrected chi connectivity index (χ2v) is 2.88. The molecule has 14 heavy (non-hydrogen) atoms. The van der Waals surface area contributed by atoms with Gasteiger partial charge in [-0.1, -0.05) is 15.9 Å². The third-order valence-corrected chi connectivity index (χ3v) is 1.70. The quantitative estimate of drug-likeness (QED) is 0.809. The van der Waals surface area contributed by atoms with E-state index in [2.05, 4.69) is 20.7 Å². The molecule has 5 heteroatoms. The van der Waals surface area contributed by atoms with Crippen LogP contribution in [0.2, 0.25) is 0 Å². The van der Waals surface area contributed by atoms with E-state index in [0.29, 0.717) is 5.56 Å². The van der Waals surface area contributed by atoms with Crippen molar-refractivity contribution >= 4 is 22.0 Å². The van der Waals surface area contributed by atoms with Gasteiger partial charge in [0.25, 0.3) is 0 Å². The summed E-state index contributed by atoms with van der Waals surface area (Å²) >= 11 is 2.98. The Bertz CT molecular complexity index is 339. The highest BCUT2D eigenvalue weighted by Crippen LogP contribution is 2.19. The zero-order valence-electron chi connectivity index (χ0n) is 6.88. The van der Waals surface area contributed by atoms with Gasteiger partial charge < -0.3 is 4.74 Å². The lowest BCUT2D eigenvalue weighted by Crippen LogP contribution is -2.02. The zero-order chi connectivity index (χ0) is 10.6. The molecule has 0 bridgehead atoms. The van der Waals surface area contributed by atoms with Crippen molar-refractivity contribution < 1.29 is 17.9 Å². The molecule has 1 aromatic rings. The van der Waals surface area contributed by atoms with Gasteiger partial charge in [-0.3, -0.25) is 0 Å². The first kappa shape index (κ1) is 11.1. The fraction of sp³-hybridized carbons (Fsp3) is 0.111. The molecule has 0 radical (unpaired) electrons. The van der Waals surface area contributed by atoms with E-state index in [1.54, 1.807) is 0 Å². The first-order valence-corrected chi connectivity index (χ1v) is 4.56. The summed E-state index contributed by atoms with van der Waals surface area (Å²) in [5, 5.41) is 0. The molecule has 0 aliphatic carbocycles. The molecule has 0 saturated heterocycles. The second-order valence-electron chi connectivity index (χ2n) is 2.35. The highest BCUT2D eigenvalue weighted by molar-refractivity contribution is 9.11. The van der Waals surface area contributed by atoms with E-state index in [1.807, 2.05) is 0 Å². The summed E-state index contributed by atoms with van der Waals surface area (Å²) in [6, 6.07) is 3.54. The largest absolute Gasteiger partial charge is 0.435 e. The van der Waals surface area contributed by atoms with Crippen molar-refractivity contribution in [3.05, 3.63) is 34.6 Å². The molecular formula is C9H6BrF3O. The molecule has 0 aliphatic heterocycles. The third kappa shape index (κ3) is 3.06. The average Bonchev–Trinajstić information content (AvgIpc) is 2.09. The number of halogens is 4. The van der Waals surface area contributed by atoms with Crippen molar-refractivity contribution in [3.63, 3.8) is 0 Å². The Balaban J connectivity index is 2.88. The van der Waals surface area contributed by atoms with Crippen molar-refractivity contribution in [2.75, 3.05) is 0 Å². The predicted octanol–water partition coefficient (Wildman–Crippen LogP) is 3.79. The van der Waals surface area contributed by atoms with Gasteiger partial charge in [-0.15, -0.1) is 0 Å². The van der Waals surface area contributed by atoms with E-state index in [0.717, 1.165) is 6.07 Å². The fourth-order valence-electron chi connectivity index (χ4n) is 0.887. The minimum absolute atomic E-state index is 0.191. The molecule has 0 N–H and O–H groups in total. The normalized spacial score (nSPS) is 11.2. The van der Waals surface area contributed by atoms with Crippen LogP contribution in [0.1, 0.15) is 5.56 Å². The van der Waals surface area contributed by atoms with Gasteiger partial charge >= 0.3 is 6.61 Å². The number of benzene rings is 1. The number of rotatable bonds is 3. The maximum atomic E-state index is 13.1. The Morgan fingerprint density at radius 1 is 1.36 bits per heavy atom. The lowest BCUT2D eigenvalue weighted by molar-refractivity contribution is -0.0499. The SMILES string of the molecule is Fc1cc(OC(F)F)ccc1/C=C/Br. The van der Waals surface area contributed by atoms with Crippen LogP contribution >= 0.6 is 15.9 Å². The van der Waals surface area contributed by atoms with Crippen LogP contribution in [0.25, 0.3) is 6.08 Å². The Morgan fingerprint density at radius 3 is 2.57 bits per heavy atom. The lowest BCUT2D eigenvalue weighted by atomic mass is 10.2. The summed E-state index contributed by atoms with van der Waals surface area (Å²) in [5.74, 6) is -0.803. The van der Waals surface area contributed by atoms with Crippen LogP contribution in [0, 0.1) is 5.82 Å². The molecule has 0 amide bonds. The number of alkyl halides is 2. The summed E-state index contributed by atoms with van der Waals surface area (Å²) < 4.78 is 40.6. The topological polar surface area (TPSA) is 9.23 Å². The molecule has 0 aliphatic rings. The van der Waals surface area contributed by atoms with Crippen LogP contribution in [-0.4, -0.2) is 6.61 Å². The minimum atomic E-state index is -2.94. The van der Waals surface area contributed by atoms with Crippen LogP contribution in [-0.2, 0) is 0 Å². The smallest absolute Gasteiger partial charge is 0.387 e. The molecule has 76 valence electrons. The number of ether oxygens (including phenoxy) is 1. The van der Waals surface area contributed by atoms with E-state index in [-0.39, 0.29) is 5.75 Å². The average molecular weight is 267 g/mol. The van der Waals surface area contributed by atoms with Gasteiger partial charge in [0.15, 0.2) is 0 Å². The Labute approximate surface area is 87.3 Å². The maximum absolute atomic E-state index is 13.1. The van der Waals surface area contributed by atoms with Crippen LogP contribution < -0.4 is 4.74 Å². The standard InChI is InChI=1S/C9H6BrF3O/c10-4-3-6-1-2-7(5-8(6)11)14-9(12)13/h1-5,9H/b4-3+. The van der Waals surface area contributed by atoms with Crippen LogP contribution in [0.3, 0.4) is 0 Å². The molecule has 0 fully saturated rings. The molecule has 0 unspecified atom stereocenters. The van der Waals surface area contributed by atoms with E-state index in [4.69, 9.17) is 0 Å². The molecule has 0 spiro atoms. The van der Waals surface area contributed by atoms with Gasteiger partial charge in [-0.2, -0.15) is 8.78 Å². The summed E-state index contributed by atoms with van der Waals surface area (Å²) in [5.41, 5.74) is 0.295. The van der Waals surface area contributed by atoms with Crippen molar-refractivity contribution in [1.29, 1.82) is 0 Å². The molecule has 1 rings (SSSR count). The lowest BCUT2D eigenvalue weighted by Gasteiger charge is -2.04. The van der Waals surface area contributed by atoms with E-state index < -0.39 is 12.4 Å². The Morgan fingerprint density at radius 2 is 2.07 bits per heavy atom. The zero-order valence-corrected chi connectivity index (χ0v) is 8.47. The Kier molecular flexibility index (Phi) is 4.00. The van der Waals surface area contributed by atoms with Crippen LogP contribution in [0.15, 0.2) is 23.2 Å². The highest BCUT2D eigenvalue weighted by Gasteiger charge is 2.06. The first-order valence-electron chi connectivity index (χ1n) is 3.64. The van der Waals surface area contributed by atoms with Gasteiger partial charge in [0, 0.05) is 11.6 Å². The van der Waals surface area contributed by atoms with E-state index in [9.17, 15) is 13.2 Å². The van der Waals surface area contributed by atoms with Crippen molar-refractivity contribution in [2.45, 2.75) is 6.61 Å². The molecule has 1 nitrogen and oxygen atoms in total. The van der Waals surface area contributed by atoms with E-state index >= 15 is 0 Å². The van der Waals surface area contributed by atoms with Crippen molar-refractivity contribution in [3.8, 4) is 5.75 Å². The van der Waals surface area contributed by atoms with Gasteiger partial charge in [0.1, 0.15) is 11.6 Å². The molecule has 1 aromatic carbocycles. The van der Waals surface area contributed by atoms with E-state index in [1.165, 1.54) is 23.2 Å². The highest BCUT2D eigenvalue weighted by atomic mass is 79.9. The summed E-state index contributed by atoms with van der Waals surface area (Å²) in [6.45, 7) is -2.94. The van der Waals surface area contributed by atoms with Crippen molar-refractivity contribution in [2.24, 2.45) is 0 Å². The summed E-state index contributed by atoms with van der Waals surface area (Å²) in [6.07, 6.45) is 1.46. The molecule has 0 heterocycles. The third-order valence-electron chi connectivity index (χ3n) is 1.44. The number of hydrogen-bond acceptors (Lipinski definition) is 1. The second kappa shape index (κ2) is 5.05. The van der Waals surface area contributed by atoms with Gasteiger partial charge in [0.2, 0.25) is 0 Å².